The van der Waals surface area contributed by atoms with Crippen LogP contribution in [0.5, 0.6) is 0 Å². The van der Waals surface area contributed by atoms with Crippen molar-refractivity contribution in [2.45, 2.75) is 31.6 Å². The highest BCUT2D eigenvalue weighted by Crippen LogP contribution is 2.40. The van der Waals surface area contributed by atoms with Crippen LogP contribution in [0.1, 0.15) is 25.3 Å². The number of halogens is 3. The zero-order chi connectivity index (χ0) is 11.7. The Morgan fingerprint density at radius 3 is 2.56 bits per heavy atom. The van der Waals surface area contributed by atoms with Crippen molar-refractivity contribution >= 4 is 11.6 Å². The molecule has 0 aliphatic heterocycles. The van der Waals surface area contributed by atoms with Gasteiger partial charge in [0.15, 0.2) is 11.6 Å². The molecule has 1 aromatic carbocycles. The second-order valence-corrected chi connectivity index (χ2v) is 5.23. The van der Waals surface area contributed by atoms with E-state index in [-0.39, 0.29) is 5.38 Å². The molecule has 1 aliphatic rings. The monoisotopic (exact) mass is 244 g/mol. The van der Waals surface area contributed by atoms with Crippen LogP contribution in [0, 0.1) is 23.5 Å². The van der Waals surface area contributed by atoms with E-state index >= 15 is 0 Å². The van der Waals surface area contributed by atoms with E-state index in [4.69, 9.17) is 11.6 Å². The molecular weight excluding hydrogens is 230 g/mol. The summed E-state index contributed by atoms with van der Waals surface area (Å²) in [5.41, 5.74) is 0.770. The molecule has 16 heavy (non-hydrogen) atoms. The highest BCUT2D eigenvalue weighted by molar-refractivity contribution is 6.20. The lowest BCUT2D eigenvalue weighted by Gasteiger charge is -2.17. The molecule has 88 valence electrons. The predicted octanol–water partition coefficient (Wildman–Crippen LogP) is 4.16. The maximum absolute atomic E-state index is 13.0. The zero-order valence-corrected chi connectivity index (χ0v) is 9.98. The van der Waals surface area contributed by atoms with E-state index in [9.17, 15) is 8.78 Å². The van der Waals surface area contributed by atoms with Gasteiger partial charge in [-0.2, -0.15) is 0 Å². The quantitative estimate of drug-likeness (QED) is 0.698. The molecule has 1 fully saturated rings. The Bertz CT molecular complexity index is 374. The summed E-state index contributed by atoms with van der Waals surface area (Å²) in [7, 11) is 0. The summed E-state index contributed by atoms with van der Waals surface area (Å²) in [6, 6.07) is 4.01. The summed E-state index contributed by atoms with van der Waals surface area (Å²) in [6.45, 7) is 2.13. The summed E-state index contributed by atoms with van der Waals surface area (Å²) in [5.74, 6) is -0.409. The Hall–Kier alpha value is -0.630. The Labute approximate surface area is 99.6 Å². The average Bonchev–Trinajstić information content (AvgIpc) is 3.06. The van der Waals surface area contributed by atoms with Crippen molar-refractivity contribution < 1.29 is 8.78 Å². The average molecular weight is 245 g/mol. The van der Waals surface area contributed by atoms with E-state index in [0.29, 0.717) is 12.3 Å². The Morgan fingerprint density at radius 1 is 1.31 bits per heavy atom. The van der Waals surface area contributed by atoms with Gasteiger partial charge >= 0.3 is 0 Å². The van der Waals surface area contributed by atoms with Crippen LogP contribution >= 0.6 is 11.6 Å². The van der Waals surface area contributed by atoms with Gasteiger partial charge in [-0.3, -0.25) is 0 Å². The fourth-order valence-corrected chi connectivity index (χ4v) is 2.38. The SMILES string of the molecule is CC(C(Cl)Cc1ccc(F)c(F)c1)C1CC1. The first-order valence-corrected chi connectivity index (χ1v) is 6.09. The fraction of sp³-hybridized carbons (Fsp3) is 0.538. The maximum Gasteiger partial charge on any atom is 0.159 e. The van der Waals surface area contributed by atoms with Crippen LogP contribution in [-0.4, -0.2) is 5.38 Å². The van der Waals surface area contributed by atoms with Crippen molar-refractivity contribution in [3.63, 3.8) is 0 Å². The fourth-order valence-electron chi connectivity index (χ4n) is 1.99. The van der Waals surface area contributed by atoms with Crippen LogP contribution in [0.3, 0.4) is 0 Å². The number of hydrogen-bond donors (Lipinski definition) is 0. The lowest BCUT2D eigenvalue weighted by Crippen LogP contribution is -2.16. The lowest BCUT2D eigenvalue weighted by atomic mass is 9.96. The molecule has 0 heterocycles. The van der Waals surface area contributed by atoms with E-state index in [2.05, 4.69) is 6.92 Å². The van der Waals surface area contributed by atoms with Gasteiger partial charge in [0.2, 0.25) is 0 Å². The molecule has 1 aliphatic carbocycles. The first kappa shape index (κ1) is 11.8. The molecule has 0 spiro atoms. The summed E-state index contributed by atoms with van der Waals surface area (Å²) in [6.07, 6.45) is 3.11. The number of rotatable bonds is 4. The third-order valence-corrected chi connectivity index (χ3v) is 3.90. The van der Waals surface area contributed by atoms with Gasteiger partial charge in [-0.25, -0.2) is 8.78 Å². The van der Waals surface area contributed by atoms with Crippen LogP contribution in [0.25, 0.3) is 0 Å². The first-order valence-electron chi connectivity index (χ1n) is 5.66. The molecule has 2 atom stereocenters. The molecule has 0 aromatic heterocycles. The summed E-state index contributed by atoms with van der Waals surface area (Å²) in [5, 5.41) is 0.0114. The highest BCUT2D eigenvalue weighted by atomic mass is 35.5. The molecule has 0 saturated heterocycles. The summed E-state index contributed by atoms with van der Waals surface area (Å²) >= 11 is 6.28. The van der Waals surface area contributed by atoms with Gasteiger partial charge in [0, 0.05) is 5.38 Å². The molecule has 0 N–H and O–H groups in total. The molecule has 3 heteroatoms. The molecular formula is C13H15ClF2. The van der Waals surface area contributed by atoms with Gasteiger partial charge in [0.1, 0.15) is 0 Å². The van der Waals surface area contributed by atoms with Gasteiger partial charge in [0.25, 0.3) is 0 Å². The van der Waals surface area contributed by atoms with Crippen molar-refractivity contribution in [2.24, 2.45) is 11.8 Å². The molecule has 0 nitrogen and oxygen atoms in total. The number of alkyl halides is 1. The molecule has 0 bridgehead atoms. The van der Waals surface area contributed by atoms with Crippen LogP contribution in [0.15, 0.2) is 18.2 Å². The highest BCUT2D eigenvalue weighted by Gasteiger charge is 2.32. The van der Waals surface area contributed by atoms with Crippen molar-refractivity contribution in [1.82, 2.24) is 0 Å². The van der Waals surface area contributed by atoms with Crippen LogP contribution < -0.4 is 0 Å². The second-order valence-electron chi connectivity index (χ2n) is 4.67. The second kappa shape index (κ2) is 4.70. The third kappa shape index (κ3) is 2.73. The minimum atomic E-state index is -0.801. The molecule has 0 radical (unpaired) electrons. The lowest BCUT2D eigenvalue weighted by molar-refractivity contribution is 0.474. The van der Waals surface area contributed by atoms with Gasteiger partial charge in [-0.15, -0.1) is 11.6 Å². The molecule has 1 saturated carbocycles. The van der Waals surface area contributed by atoms with Gasteiger partial charge < -0.3 is 0 Å². The Balaban J connectivity index is 1.99. The van der Waals surface area contributed by atoms with Gasteiger partial charge in [-0.1, -0.05) is 13.0 Å². The van der Waals surface area contributed by atoms with Crippen molar-refractivity contribution in [3.8, 4) is 0 Å². The summed E-state index contributed by atoms with van der Waals surface area (Å²) < 4.78 is 25.7. The molecule has 0 amide bonds. The smallest absolute Gasteiger partial charge is 0.159 e. The molecule has 2 unspecified atom stereocenters. The van der Waals surface area contributed by atoms with E-state index < -0.39 is 11.6 Å². The largest absolute Gasteiger partial charge is 0.204 e. The number of benzene rings is 1. The zero-order valence-electron chi connectivity index (χ0n) is 9.22. The molecule has 2 rings (SSSR count). The number of hydrogen-bond acceptors (Lipinski definition) is 0. The van der Waals surface area contributed by atoms with E-state index in [1.165, 1.54) is 18.9 Å². The van der Waals surface area contributed by atoms with E-state index in [0.717, 1.165) is 17.5 Å². The molecule has 1 aromatic rings. The van der Waals surface area contributed by atoms with Crippen molar-refractivity contribution in [3.05, 3.63) is 35.4 Å². The first-order chi connectivity index (χ1) is 7.58. The van der Waals surface area contributed by atoms with Crippen LogP contribution in [0.2, 0.25) is 0 Å². The van der Waals surface area contributed by atoms with Gasteiger partial charge in [-0.05, 0) is 48.8 Å². The van der Waals surface area contributed by atoms with Gasteiger partial charge in [0.05, 0.1) is 0 Å². The minimum absolute atomic E-state index is 0.0114. The summed E-state index contributed by atoms with van der Waals surface area (Å²) in [4.78, 5) is 0. The predicted molar refractivity (Wildman–Crippen MR) is 61.6 cm³/mol. The van der Waals surface area contributed by atoms with Crippen molar-refractivity contribution in [2.75, 3.05) is 0 Å². The van der Waals surface area contributed by atoms with Crippen LogP contribution in [0.4, 0.5) is 8.78 Å². The third-order valence-electron chi connectivity index (χ3n) is 3.35. The Morgan fingerprint density at radius 2 is 2.00 bits per heavy atom. The minimum Gasteiger partial charge on any atom is -0.204 e. The van der Waals surface area contributed by atoms with Crippen LogP contribution in [-0.2, 0) is 6.42 Å². The van der Waals surface area contributed by atoms with Crippen molar-refractivity contribution in [1.29, 1.82) is 0 Å². The van der Waals surface area contributed by atoms with E-state index in [1.54, 1.807) is 6.07 Å². The normalized spacial score (nSPS) is 19.5. The van der Waals surface area contributed by atoms with E-state index in [1.807, 2.05) is 0 Å². The standard InChI is InChI=1S/C13H15ClF2/c1-8(10-3-4-10)11(14)6-9-2-5-12(15)13(16)7-9/h2,5,7-8,10-11H,3-4,6H2,1H3. The topological polar surface area (TPSA) is 0 Å². The maximum atomic E-state index is 13.0. The Kier molecular flexibility index (Phi) is 3.48.